The number of carbonyl (C=O) groups is 1. The van der Waals surface area contributed by atoms with Crippen molar-refractivity contribution in [1.29, 1.82) is 0 Å². The van der Waals surface area contributed by atoms with E-state index in [1.165, 1.54) is 0 Å². The van der Waals surface area contributed by atoms with Gasteiger partial charge in [-0.1, -0.05) is 28.6 Å². The van der Waals surface area contributed by atoms with Crippen LogP contribution in [0.2, 0.25) is 0 Å². The van der Waals surface area contributed by atoms with Crippen LogP contribution in [0, 0.1) is 5.13 Å². The third-order valence-electron chi connectivity index (χ3n) is 3.87. The SMILES string of the molecule is CSc1ccc(/C(=N\OC2CCCC2)C(=O)Nc2ncc(F)s2)cc1. The molecular formula is C17H18FN3O2S2. The van der Waals surface area contributed by atoms with E-state index < -0.39 is 11.0 Å². The second-order valence-electron chi connectivity index (χ2n) is 5.60. The number of hydrogen-bond acceptors (Lipinski definition) is 6. The van der Waals surface area contributed by atoms with Crippen molar-refractivity contribution in [3.63, 3.8) is 0 Å². The zero-order chi connectivity index (χ0) is 17.6. The molecule has 2 aromatic rings. The van der Waals surface area contributed by atoms with Crippen LogP contribution in [0.25, 0.3) is 0 Å². The number of thioether (sulfide) groups is 1. The van der Waals surface area contributed by atoms with Crippen LogP contribution in [0.1, 0.15) is 31.2 Å². The van der Waals surface area contributed by atoms with Crippen molar-refractivity contribution in [3.05, 3.63) is 41.2 Å². The molecular weight excluding hydrogens is 361 g/mol. The molecule has 1 N–H and O–H groups in total. The van der Waals surface area contributed by atoms with Gasteiger partial charge in [0.1, 0.15) is 6.10 Å². The molecule has 0 atom stereocenters. The summed E-state index contributed by atoms with van der Waals surface area (Å²) in [6.45, 7) is 0. The first-order valence-electron chi connectivity index (χ1n) is 7.96. The van der Waals surface area contributed by atoms with Crippen LogP contribution in [-0.4, -0.2) is 29.0 Å². The largest absolute Gasteiger partial charge is 0.392 e. The van der Waals surface area contributed by atoms with E-state index in [1.807, 2.05) is 30.5 Å². The molecule has 0 saturated heterocycles. The van der Waals surface area contributed by atoms with Crippen LogP contribution < -0.4 is 5.32 Å². The quantitative estimate of drug-likeness (QED) is 0.462. The Morgan fingerprint density at radius 2 is 2.08 bits per heavy atom. The highest BCUT2D eigenvalue weighted by Crippen LogP contribution is 2.22. The summed E-state index contributed by atoms with van der Waals surface area (Å²) in [6.07, 6.45) is 7.22. The Balaban J connectivity index is 1.81. The van der Waals surface area contributed by atoms with Crippen LogP contribution in [-0.2, 0) is 9.63 Å². The van der Waals surface area contributed by atoms with Crippen molar-refractivity contribution in [2.75, 3.05) is 11.6 Å². The second kappa shape index (κ2) is 8.44. The Bertz CT molecular complexity index is 756. The molecule has 3 rings (SSSR count). The first kappa shape index (κ1) is 17.9. The van der Waals surface area contributed by atoms with E-state index in [-0.39, 0.29) is 16.9 Å². The smallest absolute Gasteiger partial charge is 0.280 e. The van der Waals surface area contributed by atoms with Crippen LogP contribution in [0.15, 0.2) is 40.5 Å². The van der Waals surface area contributed by atoms with E-state index >= 15 is 0 Å². The molecule has 1 heterocycles. The van der Waals surface area contributed by atoms with Gasteiger partial charge in [-0.05, 0) is 44.1 Å². The minimum atomic E-state index is -0.468. The normalized spacial score (nSPS) is 15.4. The third-order valence-corrected chi connectivity index (χ3v) is 5.32. The molecule has 1 fully saturated rings. The molecule has 0 radical (unpaired) electrons. The zero-order valence-electron chi connectivity index (χ0n) is 13.7. The molecule has 1 aromatic carbocycles. The molecule has 1 aromatic heterocycles. The topological polar surface area (TPSA) is 63.6 Å². The van der Waals surface area contributed by atoms with Crippen molar-refractivity contribution in [1.82, 2.24) is 4.98 Å². The molecule has 1 aliphatic carbocycles. The van der Waals surface area contributed by atoms with E-state index in [9.17, 15) is 9.18 Å². The highest BCUT2D eigenvalue weighted by Gasteiger charge is 2.20. The standard InChI is InChI=1S/C17H18FN3O2S2/c1-24-13-8-6-11(7-9-13)15(21-23-12-4-2-3-5-12)16(22)20-17-19-10-14(18)25-17/h6-10,12H,2-5H2,1H3,(H,19,20,22)/b21-15+. The van der Waals surface area contributed by atoms with Crippen molar-refractivity contribution < 1.29 is 14.0 Å². The van der Waals surface area contributed by atoms with E-state index in [0.717, 1.165) is 48.1 Å². The first-order valence-corrected chi connectivity index (χ1v) is 10.0. The van der Waals surface area contributed by atoms with Gasteiger partial charge in [-0.15, -0.1) is 11.8 Å². The molecule has 25 heavy (non-hydrogen) atoms. The Labute approximate surface area is 153 Å². The summed E-state index contributed by atoms with van der Waals surface area (Å²) >= 11 is 2.38. The van der Waals surface area contributed by atoms with Crippen molar-refractivity contribution in [2.45, 2.75) is 36.7 Å². The minimum absolute atomic E-state index is 0.0468. The Hall–Kier alpha value is -1.93. The second-order valence-corrected chi connectivity index (χ2v) is 7.46. The summed E-state index contributed by atoms with van der Waals surface area (Å²) in [6, 6.07) is 7.48. The predicted molar refractivity (Wildman–Crippen MR) is 98.8 cm³/mol. The highest BCUT2D eigenvalue weighted by molar-refractivity contribution is 7.98. The lowest BCUT2D eigenvalue weighted by Gasteiger charge is -2.10. The maximum absolute atomic E-state index is 13.1. The van der Waals surface area contributed by atoms with E-state index in [4.69, 9.17) is 4.84 Å². The van der Waals surface area contributed by atoms with Crippen molar-refractivity contribution in [3.8, 4) is 0 Å². The molecule has 132 valence electrons. The number of rotatable bonds is 6. The number of carbonyl (C=O) groups excluding carboxylic acids is 1. The lowest BCUT2D eigenvalue weighted by Crippen LogP contribution is -2.24. The molecule has 0 spiro atoms. The van der Waals surface area contributed by atoms with Gasteiger partial charge in [0.25, 0.3) is 5.91 Å². The number of aromatic nitrogens is 1. The summed E-state index contributed by atoms with van der Waals surface area (Å²) < 4.78 is 13.1. The number of nitrogens with one attached hydrogen (secondary N) is 1. The summed E-state index contributed by atoms with van der Waals surface area (Å²) in [4.78, 5) is 23.1. The number of benzene rings is 1. The monoisotopic (exact) mass is 379 g/mol. The van der Waals surface area contributed by atoms with Crippen LogP contribution in [0.3, 0.4) is 0 Å². The van der Waals surface area contributed by atoms with Gasteiger partial charge in [0.2, 0.25) is 0 Å². The van der Waals surface area contributed by atoms with Gasteiger partial charge >= 0.3 is 0 Å². The average Bonchev–Trinajstić information content (AvgIpc) is 3.27. The Morgan fingerprint density at radius 3 is 2.68 bits per heavy atom. The number of anilines is 1. The molecule has 5 nitrogen and oxygen atoms in total. The molecule has 0 bridgehead atoms. The van der Waals surface area contributed by atoms with Crippen LogP contribution in [0.5, 0.6) is 0 Å². The fourth-order valence-corrected chi connectivity index (χ4v) is 3.51. The fraction of sp³-hybridized carbons (Fsp3) is 0.353. The molecule has 1 aliphatic rings. The van der Waals surface area contributed by atoms with Crippen LogP contribution in [0.4, 0.5) is 9.52 Å². The fourth-order valence-electron chi connectivity index (χ4n) is 2.56. The maximum Gasteiger partial charge on any atom is 0.280 e. The molecule has 1 amide bonds. The van der Waals surface area contributed by atoms with Gasteiger partial charge in [0, 0.05) is 10.5 Å². The van der Waals surface area contributed by atoms with Gasteiger partial charge < -0.3 is 4.84 Å². The van der Waals surface area contributed by atoms with E-state index in [1.54, 1.807) is 11.8 Å². The lowest BCUT2D eigenvalue weighted by molar-refractivity contribution is -0.110. The van der Waals surface area contributed by atoms with Gasteiger partial charge in [-0.3, -0.25) is 10.1 Å². The zero-order valence-corrected chi connectivity index (χ0v) is 15.3. The maximum atomic E-state index is 13.1. The third kappa shape index (κ3) is 4.79. The van der Waals surface area contributed by atoms with Crippen LogP contribution >= 0.6 is 23.1 Å². The number of hydrogen-bond donors (Lipinski definition) is 1. The van der Waals surface area contributed by atoms with Crippen molar-refractivity contribution >= 4 is 39.8 Å². The summed E-state index contributed by atoms with van der Waals surface area (Å²) in [5.41, 5.74) is 0.806. The number of nitrogens with zero attached hydrogens (tertiary/aromatic N) is 2. The lowest BCUT2D eigenvalue weighted by atomic mass is 10.1. The van der Waals surface area contributed by atoms with Gasteiger partial charge in [0.15, 0.2) is 16.0 Å². The van der Waals surface area contributed by atoms with E-state index in [0.29, 0.717) is 5.56 Å². The van der Waals surface area contributed by atoms with Gasteiger partial charge in [-0.25, -0.2) is 4.98 Å². The highest BCUT2D eigenvalue weighted by atomic mass is 32.2. The summed E-state index contributed by atoms with van der Waals surface area (Å²) in [5.74, 6) is -0.468. The van der Waals surface area contributed by atoms with Crippen molar-refractivity contribution in [2.24, 2.45) is 5.16 Å². The Kier molecular flexibility index (Phi) is 6.04. The minimum Gasteiger partial charge on any atom is -0.392 e. The molecule has 1 saturated carbocycles. The average molecular weight is 379 g/mol. The summed E-state index contributed by atoms with van der Waals surface area (Å²) in [7, 11) is 0. The predicted octanol–water partition coefficient (Wildman–Crippen LogP) is 4.31. The number of oxime groups is 1. The summed E-state index contributed by atoms with van der Waals surface area (Å²) in [5, 5.41) is 6.43. The number of thiazole rings is 1. The van der Waals surface area contributed by atoms with Gasteiger partial charge in [0.05, 0.1) is 6.20 Å². The molecule has 8 heteroatoms. The molecule has 0 unspecified atom stereocenters. The molecule has 0 aliphatic heterocycles. The first-order chi connectivity index (χ1) is 12.2. The number of amides is 1. The number of halogens is 1. The van der Waals surface area contributed by atoms with Gasteiger partial charge in [-0.2, -0.15) is 4.39 Å². The Morgan fingerprint density at radius 1 is 1.36 bits per heavy atom. The van der Waals surface area contributed by atoms with E-state index in [2.05, 4.69) is 15.5 Å².